The first-order valence-corrected chi connectivity index (χ1v) is 12.1. The van der Waals surface area contributed by atoms with Crippen LogP contribution in [-0.4, -0.2) is 11.8 Å². The predicted octanol–water partition coefficient (Wildman–Crippen LogP) is 6.67. The van der Waals surface area contributed by atoms with Crippen molar-refractivity contribution in [2.24, 2.45) is 0 Å². The standard InChI is InChI=1S/C29H22F2N2O2S/c30-25-12-6-4-10-21(25)18-27(33-28(34)20-8-2-1-3-9-20)29(35)32-23-14-16-24(17-15-23)36-19-22-11-5-7-13-26(22)31/h1-18H,19H2,(H,32,35)(H,33,34)/b27-18-. The number of thioether (sulfide) groups is 1. The maximum atomic E-state index is 14.3. The molecule has 2 N–H and O–H groups in total. The summed E-state index contributed by atoms with van der Waals surface area (Å²) in [6.45, 7) is 0. The summed E-state index contributed by atoms with van der Waals surface area (Å²) >= 11 is 1.47. The Kier molecular flexibility index (Phi) is 8.26. The van der Waals surface area contributed by atoms with Crippen molar-refractivity contribution in [3.05, 3.63) is 137 Å². The van der Waals surface area contributed by atoms with Crippen LogP contribution in [0.4, 0.5) is 14.5 Å². The Morgan fingerprint density at radius 1 is 0.750 bits per heavy atom. The zero-order valence-electron chi connectivity index (χ0n) is 19.1. The summed E-state index contributed by atoms with van der Waals surface area (Å²) in [5.74, 6) is -1.39. The summed E-state index contributed by atoms with van der Waals surface area (Å²) in [5, 5.41) is 5.32. The minimum Gasteiger partial charge on any atom is -0.321 e. The second-order valence-corrected chi connectivity index (χ2v) is 8.81. The number of nitrogens with one attached hydrogen (secondary N) is 2. The average Bonchev–Trinajstić information content (AvgIpc) is 2.90. The molecule has 0 unspecified atom stereocenters. The number of anilines is 1. The third-order valence-electron chi connectivity index (χ3n) is 5.20. The highest BCUT2D eigenvalue weighted by molar-refractivity contribution is 7.98. The lowest BCUT2D eigenvalue weighted by molar-refractivity contribution is -0.113. The van der Waals surface area contributed by atoms with Crippen LogP contribution in [0.3, 0.4) is 0 Å². The van der Waals surface area contributed by atoms with Gasteiger partial charge in [-0.15, -0.1) is 11.8 Å². The monoisotopic (exact) mass is 500 g/mol. The molecule has 36 heavy (non-hydrogen) atoms. The molecule has 0 atom stereocenters. The SMILES string of the molecule is O=C(Nc1ccc(SCc2ccccc2F)cc1)/C(=C/c1ccccc1F)NC(=O)c1ccccc1. The zero-order valence-corrected chi connectivity index (χ0v) is 19.9. The van der Waals surface area contributed by atoms with E-state index >= 15 is 0 Å². The summed E-state index contributed by atoms with van der Waals surface area (Å²) < 4.78 is 28.1. The highest BCUT2D eigenvalue weighted by Crippen LogP contribution is 2.25. The molecule has 0 radical (unpaired) electrons. The van der Waals surface area contributed by atoms with Crippen LogP contribution in [-0.2, 0) is 10.5 Å². The largest absolute Gasteiger partial charge is 0.321 e. The molecule has 4 aromatic carbocycles. The molecule has 0 aliphatic heterocycles. The van der Waals surface area contributed by atoms with Gasteiger partial charge in [-0.2, -0.15) is 0 Å². The Hall–Kier alpha value is -4.23. The van der Waals surface area contributed by atoms with Gasteiger partial charge in [-0.05, 0) is 60.2 Å². The minimum absolute atomic E-state index is 0.105. The Bertz CT molecular complexity index is 1390. The number of hydrogen-bond acceptors (Lipinski definition) is 3. The summed E-state index contributed by atoms with van der Waals surface area (Å²) in [6.07, 6.45) is 1.30. The van der Waals surface area contributed by atoms with Gasteiger partial charge in [0.05, 0.1) is 0 Å². The quantitative estimate of drug-likeness (QED) is 0.210. The van der Waals surface area contributed by atoms with Crippen molar-refractivity contribution in [2.75, 3.05) is 5.32 Å². The van der Waals surface area contributed by atoms with E-state index in [1.807, 2.05) is 12.1 Å². The molecule has 4 nitrogen and oxygen atoms in total. The zero-order chi connectivity index (χ0) is 25.3. The Balaban J connectivity index is 1.48. The topological polar surface area (TPSA) is 58.2 Å². The maximum Gasteiger partial charge on any atom is 0.272 e. The number of halogens is 2. The first-order valence-electron chi connectivity index (χ1n) is 11.1. The van der Waals surface area contributed by atoms with Gasteiger partial charge in [0.15, 0.2) is 0 Å². The molecule has 0 spiro atoms. The average molecular weight is 501 g/mol. The van der Waals surface area contributed by atoms with E-state index in [2.05, 4.69) is 10.6 Å². The normalized spacial score (nSPS) is 11.1. The van der Waals surface area contributed by atoms with Gasteiger partial charge in [0, 0.05) is 27.5 Å². The second kappa shape index (κ2) is 12.0. The van der Waals surface area contributed by atoms with Crippen LogP contribution >= 0.6 is 11.8 Å². The number of carbonyl (C=O) groups excluding carboxylic acids is 2. The van der Waals surface area contributed by atoms with Crippen LogP contribution in [0.1, 0.15) is 21.5 Å². The lowest BCUT2D eigenvalue weighted by atomic mass is 10.1. The van der Waals surface area contributed by atoms with Crippen molar-refractivity contribution in [1.82, 2.24) is 5.32 Å². The molecule has 0 heterocycles. The summed E-state index contributed by atoms with van der Waals surface area (Å²) in [5.41, 5.74) is 1.52. The van der Waals surface area contributed by atoms with Crippen LogP contribution in [0.15, 0.2) is 114 Å². The van der Waals surface area contributed by atoms with Crippen molar-refractivity contribution in [1.29, 1.82) is 0 Å². The van der Waals surface area contributed by atoms with Crippen LogP contribution < -0.4 is 10.6 Å². The maximum absolute atomic E-state index is 14.3. The van der Waals surface area contributed by atoms with Gasteiger partial charge in [0.25, 0.3) is 11.8 Å². The van der Waals surface area contributed by atoms with Crippen molar-refractivity contribution < 1.29 is 18.4 Å². The molecule has 2 amide bonds. The molecule has 0 aliphatic rings. The van der Waals surface area contributed by atoms with Gasteiger partial charge >= 0.3 is 0 Å². The molecule has 0 bridgehead atoms. The molecule has 4 rings (SSSR count). The van der Waals surface area contributed by atoms with E-state index in [0.717, 1.165) is 4.90 Å². The molecule has 180 valence electrons. The van der Waals surface area contributed by atoms with Gasteiger partial charge in [0.1, 0.15) is 17.3 Å². The lowest BCUT2D eigenvalue weighted by Crippen LogP contribution is -2.30. The molecule has 0 saturated heterocycles. The molecular formula is C29H22F2N2O2S. The Labute approximate surface area is 212 Å². The van der Waals surface area contributed by atoms with Crippen molar-refractivity contribution in [3.63, 3.8) is 0 Å². The second-order valence-electron chi connectivity index (χ2n) is 7.76. The Morgan fingerprint density at radius 3 is 2.08 bits per heavy atom. The van der Waals surface area contributed by atoms with Crippen molar-refractivity contribution >= 4 is 35.3 Å². The van der Waals surface area contributed by atoms with E-state index in [-0.39, 0.29) is 17.1 Å². The molecule has 0 aliphatic carbocycles. The van der Waals surface area contributed by atoms with Gasteiger partial charge in [-0.25, -0.2) is 8.78 Å². The minimum atomic E-state index is -0.603. The number of carbonyl (C=O) groups is 2. The Morgan fingerprint density at radius 2 is 1.39 bits per heavy atom. The molecule has 4 aromatic rings. The van der Waals surface area contributed by atoms with E-state index in [0.29, 0.717) is 22.6 Å². The lowest BCUT2D eigenvalue weighted by Gasteiger charge is -2.12. The summed E-state index contributed by atoms with van der Waals surface area (Å²) in [4.78, 5) is 26.7. The first kappa shape index (κ1) is 24.9. The molecule has 0 fully saturated rings. The predicted molar refractivity (Wildman–Crippen MR) is 139 cm³/mol. The number of rotatable bonds is 8. The molecule has 0 saturated carbocycles. The van der Waals surface area contributed by atoms with E-state index in [4.69, 9.17) is 0 Å². The third-order valence-corrected chi connectivity index (χ3v) is 6.26. The van der Waals surface area contributed by atoms with Crippen molar-refractivity contribution in [2.45, 2.75) is 10.6 Å². The van der Waals surface area contributed by atoms with E-state index in [1.54, 1.807) is 72.8 Å². The third kappa shape index (κ3) is 6.67. The fraction of sp³-hybridized carbons (Fsp3) is 0.0345. The van der Waals surface area contributed by atoms with E-state index in [1.165, 1.54) is 36.0 Å². The fourth-order valence-corrected chi connectivity index (χ4v) is 4.18. The summed E-state index contributed by atoms with van der Waals surface area (Å²) in [7, 11) is 0. The fourth-order valence-electron chi connectivity index (χ4n) is 3.30. The molecule has 0 aromatic heterocycles. The van der Waals surface area contributed by atoms with Crippen LogP contribution in [0.5, 0.6) is 0 Å². The van der Waals surface area contributed by atoms with Crippen molar-refractivity contribution in [3.8, 4) is 0 Å². The van der Waals surface area contributed by atoms with Gasteiger partial charge in [0.2, 0.25) is 0 Å². The van der Waals surface area contributed by atoms with E-state index < -0.39 is 17.6 Å². The van der Waals surface area contributed by atoms with Crippen LogP contribution in [0.25, 0.3) is 6.08 Å². The van der Waals surface area contributed by atoms with Gasteiger partial charge in [-0.1, -0.05) is 54.6 Å². The highest BCUT2D eigenvalue weighted by Gasteiger charge is 2.16. The van der Waals surface area contributed by atoms with Gasteiger partial charge in [-0.3, -0.25) is 9.59 Å². The van der Waals surface area contributed by atoms with Gasteiger partial charge < -0.3 is 10.6 Å². The highest BCUT2D eigenvalue weighted by atomic mass is 32.2. The summed E-state index contributed by atoms with van der Waals surface area (Å²) in [6, 6.07) is 28.0. The molecular weight excluding hydrogens is 478 g/mol. The molecule has 7 heteroatoms. The number of amides is 2. The van der Waals surface area contributed by atoms with Crippen LogP contribution in [0, 0.1) is 11.6 Å². The van der Waals surface area contributed by atoms with E-state index in [9.17, 15) is 18.4 Å². The number of hydrogen-bond donors (Lipinski definition) is 2. The smallest absolute Gasteiger partial charge is 0.272 e. The van der Waals surface area contributed by atoms with Crippen LogP contribution in [0.2, 0.25) is 0 Å². The number of benzene rings is 4. The first-order chi connectivity index (χ1) is 17.5.